The lowest BCUT2D eigenvalue weighted by Gasteiger charge is -2.19. The van der Waals surface area contributed by atoms with Gasteiger partial charge in [0.25, 0.3) is 0 Å². The van der Waals surface area contributed by atoms with Gasteiger partial charge < -0.3 is 0 Å². The summed E-state index contributed by atoms with van der Waals surface area (Å²) in [4.78, 5) is 8.21. The zero-order valence-corrected chi connectivity index (χ0v) is 10.9. The Morgan fingerprint density at radius 3 is 2.45 bits per heavy atom. The predicted octanol–water partition coefficient (Wildman–Crippen LogP) is 2.08. The van der Waals surface area contributed by atoms with Crippen LogP contribution in [0.15, 0.2) is 61.2 Å². The minimum absolute atomic E-state index is 0.101. The Balaban J connectivity index is 1.84. The topological polar surface area (TPSA) is 66.5 Å². The van der Waals surface area contributed by atoms with Crippen LogP contribution in [-0.2, 0) is 6.54 Å². The number of hydrogen-bond donors (Lipinski definition) is 2. The number of rotatable bonds is 5. The summed E-state index contributed by atoms with van der Waals surface area (Å²) in [5, 5.41) is 10.2. The van der Waals surface area contributed by atoms with Crippen LogP contribution in [0.4, 0.5) is 0 Å². The molecular weight excluding hydrogens is 250 g/mol. The van der Waals surface area contributed by atoms with Gasteiger partial charge in [0.2, 0.25) is 0 Å². The second-order valence-electron chi connectivity index (χ2n) is 4.44. The molecule has 0 radical (unpaired) electrons. The molecule has 0 bridgehead atoms. The smallest absolute Gasteiger partial charge is 0.138 e. The van der Waals surface area contributed by atoms with Gasteiger partial charge in [0.15, 0.2) is 0 Å². The molecule has 3 rings (SSSR count). The Kier molecular flexibility index (Phi) is 3.80. The molecule has 2 N–H and O–H groups in total. The predicted molar refractivity (Wildman–Crippen MR) is 75.7 cm³/mol. The molecule has 2 aromatic heterocycles. The average Bonchev–Trinajstić information content (AvgIpc) is 3.03. The molecule has 5 nitrogen and oxygen atoms in total. The van der Waals surface area contributed by atoms with E-state index in [1.165, 1.54) is 17.5 Å². The number of nitrogens with one attached hydrogen (secondary N) is 2. The number of aromatic nitrogens is 4. The number of pyridine rings is 1. The molecule has 1 atom stereocenters. The zero-order valence-electron chi connectivity index (χ0n) is 10.9. The van der Waals surface area contributed by atoms with Crippen molar-refractivity contribution in [3.63, 3.8) is 0 Å². The molecule has 1 unspecified atom stereocenters. The highest BCUT2D eigenvalue weighted by Crippen LogP contribution is 2.21. The monoisotopic (exact) mass is 265 g/mol. The second kappa shape index (κ2) is 6.08. The highest BCUT2D eigenvalue weighted by molar-refractivity contribution is 5.30. The highest BCUT2D eigenvalue weighted by atomic mass is 15.2. The molecule has 1 aromatic carbocycles. The molecule has 5 heteroatoms. The van der Waals surface area contributed by atoms with E-state index in [0.717, 1.165) is 5.82 Å². The normalized spacial score (nSPS) is 12.2. The quantitative estimate of drug-likeness (QED) is 0.741. The van der Waals surface area contributed by atoms with Crippen molar-refractivity contribution in [3.8, 4) is 0 Å². The molecule has 0 saturated carbocycles. The lowest BCUT2D eigenvalue weighted by atomic mass is 10.00. The van der Waals surface area contributed by atoms with Gasteiger partial charge >= 0.3 is 0 Å². The van der Waals surface area contributed by atoms with Crippen molar-refractivity contribution in [1.29, 1.82) is 0 Å². The molecular formula is C15H15N5. The standard InChI is InChI=1S/C15H15N5/c1-2-4-12(5-3-1)15(13-6-8-16-9-7-13)17-10-14-18-11-19-20-14/h1-9,11,15,17H,10H2,(H,18,19,20). The Morgan fingerprint density at radius 2 is 1.75 bits per heavy atom. The SMILES string of the molecule is c1ccc(C(NCc2ncn[nH]2)c2ccncc2)cc1. The molecule has 0 fully saturated rings. The Labute approximate surface area is 117 Å². The fraction of sp³-hybridized carbons (Fsp3) is 0.133. The summed E-state index contributed by atoms with van der Waals surface area (Å²) in [7, 11) is 0. The maximum absolute atomic E-state index is 4.13. The fourth-order valence-corrected chi connectivity index (χ4v) is 2.14. The van der Waals surface area contributed by atoms with Gasteiger partial charge in [-0.05, 0) is 23.3 Å². The summed E-state index contributed by atoms with van der Waals surface area (Å²) >= 11 is 0. The second-order valence-corrected chi connectivity index (χ2v) is 4.44. The Morgan fingerprint density at radius 1 is 1.00 bits per heavy atom. The van der Waals surface area contributed by atoms with Gasteiger partial charge in [-0.2, -0.15) is 5.10 Å². The largest absolute Gasteiger partial charge is 0.299 e. The van der Waals surface area contributed by atoms with Gasteiger partial charge in [0.05, 0.1) is 12.6 Å². The third-order valence-electron chi connectivity index (χ3n) is 3.11. The van der Waals surface area contributed by atoms with Crippen molar-refractivity contribution in [2.24, 2.45) is 0 Å². The molecule has 20 heavy (non-hydrogen) atoms. The van der Waals surface area contributed by atoms with E-state index in [-0.39, 0.29) is 6.04 Å². The Bertz CT molecular complexity index is 582. The molecule has 3 aromatic rings. The molecule has 0 aliphatic heterocycles. The number of H-pyrrole nitrogens is 1. The minimum Gasteiger partial charge on any atom is -0.299 e. The van der Waals surface area contributed by atoms with Crippen LogP contribution in [0, 0.1) is 0 Å². The van der Waals surface area contributed by atoms with Crippen LogP contribution in [-0.4, -0.2) is 20.2 Å². The van der Waals surface area contributed by atoms with Crippen molar-refractivity contribution in [2.45, 2.75) is 12.6 Å². The van der Waals surface area contributed by atoms with Crippen molar-refractivity contribution >= 4 is 0 Å². The maximum atomic E-state index is 4.13. The van der Waals surface area contributed by atoms with E-state index in [9.17, 15) is 0 Å². The first-order chi connectivity index (χ1) is 9.93. The van der Waals surface area contributed by atoms with E-state index >= 15 is 0 Å². The van der Waals surface area contributed by atoms with E-state index < -0.39 is 0 Å². The van der Waals surface area contributed by atoms with Gasteiger partial charge in [-0.1, -0.05) is 30.3 Å². The molecule has 0 aliphatic carbocycles. The first-order valence-corrected chi connectivity index (χ1v) is 6.46. The lowest BCUT2D eigenvalue weighted by Crippen LogP contribution is -2.22. The summed E-state index contributed by atoms with van der Waals surface area (Å²) in [5.74, 6) is 0.819. The highest BCUT2D eigenvalue weighted by Gasteiger charge is 2.13. The number of hydrogen-bond acceptors (Lipinski definition) is 4. The summed E-state index contributed by atoms with van der Waals surface area (Å²) in [6.45, 7) is 0.627. The van der Waals surface area contributed by atoms with Crippen LogP contribution in [0.5, 0.6) is 0 Å². The van der Waals surface area contributed by atoms with Crippen LogP contribution in [0.3, 0.4) is 0 Å². The van der Waals surface area contributed by atoms with E-state index in [1.54, 1.807) is 12.4 Å². The molecule has 100 valence electrons. The summed E-state index contributed by atoms with van der Waals surface area (Å²) in [6.07, 6.45) is 5.13. The number of nitrogens with zero attached hydrogens (tertiary/aromatic N) is 3. The van der Waals surface area contributed by atoms with Gasteiger partial charge in [0, 0.05) is 12.4 Å². The summed E-state index contributed by atoms with van der Waals surface area (Å²) in [5.41, 5.74) is 2.38. The van der Waals surface area contributed by atoms with Crippen molar-refractivity contribution in [2.75, 3.05) is 0 Å². The third-order valence-corrected chi connectivity index (χ3v) is 3.11. The molecule has 0 spiro atoms. The van der Waals surface area contributed by atoms with Crippen LogP contribution in [0.2, 0.25) is 0 Å². The third kappa shape index (κ3) is 2.89. The van der Waals surface area contributed by atoms with Gasteiger partial charge in [0.1, 0.15) is 12.2 Å². The van der Waals surface area contributed by atoms with Crippen molar-refractivity contribution < 1.29 is 0 Å². The van der Waals surface area contributed by atoms with Gasteiger partial charge in [-0.3, -0.25) is 15.4 Å². The summed E-state index contributed by atoms with van der Waals surface area (Å²) < 4.78 is 0. The molecule has 2 heterocycles. The molecule has 0 aliphatic rings. The van der Waals surface area contributed by atoms with Crippen LogP contribution >= 0.6 is 0 Å². The van der Waals surface area contributed by atoms with Crippen LogP contribution in [0.1, 0.15) is 23.0 Å². The number of aromatic amines is 1. The first-order valence-electron chi connectivity index (χ1n) is 6.46. The van der Waals surface area contributed by atoms with Crippen LogP contribution < -0.4 is 5.32 Å². The van der Waals surface area contributed by atoms with Crippen LogP contribution in [0.25, 0.3) is 0 Å². The minimum atomic E-state index is 0.101. The van der Waals surface area contributed by atoms with E-state index in [1.807, 2.05) is 30.3 Å². The first kappa shape index (κ1) is 12.5. The van der Waals surface area contributed by atoms with Crippen molar-refractivity contribution in [3.05, 3.63) is 78.1 Å². The average molecular weight is 265 g/mol. The molecule has 0 saturated heterocycles. The summed E-state index contributed by atoms with van der Waals surface area (Å²) in [6, 6.07) is 14.5. The van der Waals surface area contributed by atoms with Gasteiger partial charge in [-0.15, -0.1) is 0 Å². The van der Waals surface area contributed by atoms with E-state index in [2.05, 4.69) is 37.6 Å². The van der Waals surface area contributed by atoms with E-state index in [4.69, 9.17) is 0 Å². The van der Waals surface area contributed by atoms with Gasteiger partial charge in [-0.25, -0.2) is 4.98 Å². The molecule has 0 amide bonds. The van der Waals surface area contributed by atoms with E-state index in [0.29, 0.717) is 6.54 Å². The Hall–Kier alpha value is -2.53. The van der Waals surface area contributed by atoms with Crippen molar-refractivity contribution in [1.82, 2.24) is 25.5 Å². The number of benzene rings is 1. The fourth-order valence-electron chi connectivity index (χ4n) is 2.14. The zero-order chi connectivity index (χ0) is 13.6. The maximum Gasteiger partial charge on any atom is 0.138 e. The lowest BCUT2D eigenvalue weighted by molar-refractivity contribution is 0.587.